The fourth-order valence-corrected chi connectivity index (χ4v) is 3.47. The molecule has 0 N–H and O–H groups in total. The number of hydrogen-bond donors (Lipinski definition) is 0. The molecule has 1 aromatic rings. The van der Waals surface area contributed by atoms with Gasteiger partial charge in [0.15, 0.2) is 0 Å². The van der Waals surface area contributed by atoms with E-state index in [9.17, 15) is 4.79 Å². The van der Waals surface area contributed by atoms with Crippen LogP contribution in [0.25, 0.3) is 0 Å². The van der Waals surface area contributed by atoms with Crippen molar-refractivity contribution < 1.29 is 9.53 Å². The second kappa shape index (κ2) is 5.57. The van der Waals surface area contributed by atoms with Crippen LogP contribution < -0.4 is 0 Å². The van der Waals surface area contributed by atoms with Crippen molar-refractivity contribution in [3.8, 4) is 0 Å². The highest BCUT2D eigenvalue weighted by Crippen LogP contribution is 2.30. The molecule has 1 amide bonds. The van der Waals surface area contributed by atoms with Crippen LogP contribution in [0, 0.1) is 19.8 Å². The van der Waals surface area contributed by atoms with Crippen LogP contribution in [0.1, 0.15) is 35.4 Å². The second-order valence-electron chi connectivity index (χ2n) is 6.25. The maximum Gasteiger partial charge on any atom is 0.228 e. The first-order valence-electron chi connectivity index (χ1n) is 7.58. The number of carbonyl (C=O) groups excluding carboxylic acids is 1. The number of hydrogen-bond acceptors (Lipinski definition) is 2. The Balaban J connectivity index is 1.68. The molecule has 1 aromatic carbocycles. The van der Waals surface area contributed by atoms with Gasteiger partial charge in [-0.05, 0) is 32.3 Å². The van der Waals surface area contributed by atoms with E-state index in [2.05, 4.69) is 32.0 Å². The first kappa shape index (κ1) is 13.6. The zero-order valence-electron chi connectivity index (χ0n) is 12.4. The van der Waals surface area contributed by atoms with Crippen LogP contribution in [0.3, 0.4) is 0 Å². The average Bonchev–Trinajstić information content (AvgIpc) is 3.09. The van der Waals surface area contributed by atoms with Crippen molar-refractivity contribution in [1.29, 1.82) is 0 Å². The first-order chi connectivity index (χ1) is 9.63. The van der Waals surface area contributed by atoms with Crippen LogP contribution in [0.15, 0.2) is 18.2 Å². The van der Waals surface area contributed by atoms with E-state index in [0.717, 1.165) is 32.5 Å². The fraction of sp³-hybridized carbons (Fsp3) is 0.588. The lowest BCUT2D eigenvalue weighted by molar-refractivity contribution is -0.134. The summed E-state index contributed by atoms with van der Waals surface area (Å²) < 4.78 is 5.33. The van der Waals surface area contributed by atoms with Gasteiger partial charge in [-0.2, -0.15) is 0 Å². The molecule has 3 nitrogen and oxygen atoms in total. The van der Waals surface area contributed by atoms with Gasteiger partial charge < -0.3 is 9.64 Å². The highest BCUT2D eigenvalue weighted by atomic mass is 16.5. The van der Waals surface area contributed by atoms with Gasteiger partial charge in [-0.15, -0.1) is 0 Å². The molecule has 2 fully saturated rings. The number of rotatable bonds is 2. The number of benzene rings is 1. The molecule has 0 saturated carbocycles. The Hall–Kier alpha value is -1.35. The summed E-state index contributed by atoms with van der Waals surface area (Å²) in [6, 6.07) is 6.74. The smallest absolute Gasteiger partial charge is 0.228 e. The molecule has 20 heavy (non-hydrogen) atoms. The largest absolute Gasteiger partial charge is 0.381 e. The van der Waals surface area contributed by atoms with Crippen molar-refractivity contribution >= 4 is 5.91 Å². The van der Waals surface area contributed by atoms with E-state index in [-0.39, 0.29) is 5.92 Å². The minimum Gasteiger partial charge on any atom is -0.381 e. The van der Waals surface area contributed by atoms with Crippen molar-refractivity contribution in [3.05, 3.63) is 34.9 Å². The Morgan fingerprint density at radius 1 is 1.20 bits per heavy atom. The summed E-state index contributed by atoms with van der Waals surface area (Å²) in [5.41, 5.74) is 4.02. The van der Waals surface area contributed by atoms with E-state index in [1.165, 1.54) is 16.7 Å². The molecule has 3 rings (SSSR count). The molecule has 2 aliphatic rings. The third-order valence-electron chi connectivity index (χ3n) is 4.49. The van der Waals surface area contributed by atoms with E-state index >= 15 is 0 Å². The molecule has 3 heteroatoms. The van der Waals surface area contributed by atoms with Crippen molar-refractivity contribution in [2.24, 2.45) is 5.92 Å². The highest BCUT2D eigenvalue weighted by molar-refractivity contribution is 5.79. The quantitative estimate of drug-likeness (QED) is 0.829. The van der Waals surface area contributed by atoms with Gasteiger partial charge in [0.1, 0.15) is 0 Å². The van der Waals surface area contributed by atoms with Gasteiger partial charge in [-0.3, -0.25) is 4.79 Å². The van der Waals surface area contributed by atoms with Gasteiger partial charge in [0.25, 0.3) is 0 Å². The van der Waals surface area contributed by atoms with Crippen molar-refractivity contribution in [2.45, 2.75) is 32.6 Å². The minimum atomic E-state index is 0.105. The number of carbonyl (C=O) groups is 1. The predicted molar refractivity (Wildman–Crippen MR) is 78.8 cm³/mol. The van der Waals surface area contributed by atoms with Gasteiger partial charge >= 0.3 is 0 Å². The van der Waals surface area contributed by atoms with Crippen LogP contribution in [-0.2, 0) is 9.53 Å². The number of aryl methyl sites for hydroxylation is 2. The molecule has 108 valence electrons. The number of likely N-dealkylation sites (tertiary alicyclic amines) is 1. The number of ether oxygens (including phenoxy) is 1. The predicted octanol–water partition coefficient (Wildman–Crippen LogP) is 2.66. The molecule has 2 aliphatic heterocycles. The first-order valence-corrected chi connectivity index (χ1v) is 7.58. The van der Waals surface area contributed by atoms with E-state index in [4.69, 9.17) is 4.74 Å². The number of nitrogens with zero attached hydrogens (tertiary/aromatic N) is 1. The summed E-state index contributed by atoms with van der Waals surface area (Å²) in [6.07, 6.45) is 1.98. The molecule has 0 aromatic heterocycles. The zero-order valence-corrected chi connectivity index (χ0v) is 12.4. The zero-order chi connectivity index (χ0) is 14.1. The van der Waals surface area contributed by atoms with Crippen LogP contribution in [-0.4, -0.2) is 37.1 Å². The summed E-state index contributed by atoms with van der Waals surface area (Å²) in [7, 11) is 0. The fourth-order valence-electron chi connectivity index (χ4n) is 3.47. The monoisotopic (exact) mass is 273 g/mol. The van der Waals surface area contributed by atoms with Crippen LogP contribution >= 0.6 is 0 Å². The molecule has 0 spiro atoms. The van der Waals surface area contributed by atoms with Crippen molar-refractivity contribution in [1.82, 2.24) is 4.90 Å². The van der Waals surface area contributed by atoms with Gasteiger partial charge in [0.2, 0.25) is 5.91 Å². The maximum absolute atomic E-state index is 12.4. The third kappa shape index (κ3) is 2.73. The van der Waals surface area contributed by atoms with Gasteiger partial charge in [0.05, 0.1) is 12.5 Å². The van der Waals surface area contributed by atoms with E-state index < -0.39 is 0 Å². The Labute approximate surface area is 120 Å². The Morgan fingerprint density at radius 2 is 1.95 bits per heavy atom. The molecule has 0 bridgehead atoms. The molecule has 2 saturated heterocycles. The van der Waals surface area contributed by atoms with Crippen LogP contribution in [0.4, 0.5) is 0 Å². The van der Waals surface area contributed by atoms with E-state index in [0.29, 0.717) is 18.4 Å². The third-order valence-corrected chi connectivity index (χ3v) is 4.49. The lowest BCUT2D eigenvalue weighted by atomic mass is 9.95. The summed E-state index contributed by atoms with van der Waals surface area (Å²) in [5, 5.41) is 0. The second-order valence-corrected chi connectivity index (χ2v) is 6.25. The summed E-state index contributed by atoms with van der Waals surface area (Å²) in [5.74, 6) is 0.905. The Kier molecular flexibility index (Phi) is 3.79. The lowest BCUT2D eigenvalue weighted by Gasteiger charge is -2.20. The highest BCUT2D eigenvalue weighted by Gasteiger charge is 2.33. The normalized spacial score (nSPS) is 26.2. The van der Waals surface area contributed by atoms with Crippen molar-refractivity contribution in [3.63, 3.8) is 0 Å². The van der Waals surface area contributed by atoms with Gasteiger partial charge in [0, 0.05) is 25.6 Å². The van der Waals surface area contributed by atoms with Crippen LogP contribution in [0.2, 0.25) is 0 Å². The van der Waals surface area contributed by atoms with Gasteiger partial charge in [-0.25, -0.2) is 0 Å². The summed E-state index contributed by atoms with van der Waals surface area (Å²) >= 11 is 0. The van der Waals surface area contributed by atoms with E-state index in [1.54, 1.807) is 0 Å². The van der Waals surface area contributed by atoms with Crippen molar-refractivity contribution in [2.75, 3.05) is 26.3 Å². The van der Waals surface area contributed by atoms with Crippen LogP contribution in [0.5, 0.6) is 0 Å². The summed E-state index contributed by atoms with van der Waals surface area (Å²) in [6.45, 7) is 7.41. The molecular formula is C17H23NO2. The molecule has 0 aliphatic carbocycles. The SMILES string of the molecule is Cc1cc(C)cc([C@@H]2CCN(C(=O)[C@H]3CCOC3)C2)c1. The Bertz CT molecular complexity index is 485. The standard InChI is InChI=1S/C17H23NO2/c1-12-7-13(2)9-16(8-12)14-3-5-18(10-14)17(19)15-4-6-20-11-15/h7-9,14-15H,3-6,10-11H2,1-2H3/t14-,15+/m1/s1. The van der Waals surface area contributed by atoms with E-state index in [1.807, 2.05) is 4.90 Å². The van der Waals surface area contributed by atoms with Gasteiger partial charge in [-0.1, -0.05) is 29.3 Å². The maximum atomic E-state index is 12.4. The minimum absolute atomic E-state index is 0.105. The lowest BCUT2D eigenvalue weighted by Crippen LogP contribution is -2.34. The number of amides is 1. The molecular weight excluding hydrogens is 250 g/mol. The molecule has 0 unspecified atom stereocenters. The summed E-state index contributed by atoms with van der Waals surface area (Å²) in [4.78, 5) is 14.4. The molecule has 2 heterocycles. The topological polar surface area (TPSA) is 29.5 Å². The molecule has 0 radical (unpaired) electrons. The Morgan fingerprint density at radius 3 is 2.60 bits per heavy atom. The average molecular weight is 273 g/mol. The molecule has 2 atom stereocenters.